The zero-order chi connectivity index (χ0) is 26.5. The molecule has 1 N–H and O–H groups in total. The maximum Gasteiger partial charge on any atom is 0.244 e. The van der Waals surface area contributed by atoms with E-state index in [0.29, 0.717) is 11.4 Å². The van der Waals surface area contributed by atoms with E-state index < -0.39 is 28.5 Å². The highest BCUT2D eigenvalue weighted by Gasteiger charge is 2.31. The SMILES string of the molecule is COc1ccc(CN(C(=O)CN(c2ccc(Br)c(C)c2)S(C)(=O)=O)C(C)C(=O)NC2CCCC2)cc1. The van der Waals surface area contributed by atoms with Gasteiger partial charge in [0.25, 0.3) is 0 Å². The maximum absolute atomic E-state index is 13.6. The number of rotatable bonds is 10. The minimum Gasteiger partial charge on any atom is -0.497 e. The molecule has 0 aliphatic heterocycles. The predicted molar refractivity (Wildman–Crippen MR) is 144 cm³/mol. The van der Waals surface area contributed by atoms with Crippen LogP contribution in [-0.2, 0) is 26.2 Å². The third-order valence-corrected chi connectivity index (χ3v) is 8.52. The lowest BCUT2D eigenvalue weighted by Gasteiger charge is -2.32. The molecule has 0 aromatic heterocycles. The Labute approximate surface area is 222 Å². The molecule has 1 aliphatic rings. The van der Waals surface area contributed by atoms with Crippen molar-refractivity contribution in [2.24, 2.45) is 0 Å². The number of anilines is 1. The van der Waals surface area contributed by atoms with E-state index in [1.165, 1.54) is 4.90 Å². The summed E-state index contributed by atoms with van der Waals surface area (Å²) in [7, 11) is -2.20. The van der Waals surface area contributed by atoms with Gasteiger partial charge in [-0.1, -0.05) is 40.9 Å². The first-order valence-electron chi connectivity index (χ1n) is 12.0. The van der Waals surface area contributed by atoms with Crippen molar-refractivity contribution in [1.82, 2.24) is 10.2 Å². The zero-order valence-electron chi connectivity index (χ0n) is 21.2. The molecule has 10 heteroatoms. The second-order valence-corrected chi connectivity index (χ2v) is 12.0. The molecule has 1 aliphatic carbocycles. The van der Waals surface area contributed by atoms with Crippen LogP contribution in [0.5, 0.6) is 5.75 Å². The van der Waals surface area contributed by atoms with Crippen molar-refractivity contribution < 1.29 is 22.7 Å². The molecule has 1 atom stereocenters. The van der Waals surface area contributed by atoms with E-state index in [1.54, 1.807) is 44.4 Å². The van der Waals surface area contributed by atoms with Gasteiger partial charge in [-0.05, 0) is 68.1 Å². The first-order chi connectivity index (χ1) is 17.0. The molecular weight excluding hydrogens is 546 g/mol. The summed E-state index contributed by atoms with van der Waals surface area (Å²) in [6.45, 7) is 3.26. The lowest BCUT2D eigenvalue weighted by Crippen LogP contribution is -2.52. The fraction of sp³-hybridized carbons (Fsp3) is 0.462. The molecule has 1 saturated carbocycles. The Kier molecular flexibility index (Phi) is 9.41. The summed E-state index contributed by atoms with van der Waals surface area (Å²) in [4.78, 5) is 28.2. The zero-order valence-corrected chi connectivity index (χ0v) is 23.6. The quantitative estimate of drug-likeness (QED) is 0.459. The molecule has 8 nitrogen and oxygen atoms in total. The molecule has 0 saturated heterocycles. The Morgan fingerprint density at radius 2 is 1.78 bits per heavy atom. The second kappa shape index (κ2) is 12.1. The van der Waals surface area contributed by atoms with E-state index in [2.05, 4.69) is 21.2 Å². The monoisotopic (exact) mass is 579 g/mol. The number of benzene rings is 2. The summed E-state index contributed by atoms with van der Waals surface area (Å²) >= 11 is 3.42. The number of aryl methyl sites for hydroxylation is 1. The Morgan fingerprint density at radius 3 is 2.33 bits per heavy atom. The van der Waals surface area contributed by atoms with E-state index in [9.17, 15) is 18.0 Å². The van der Waals surface area contributed by atoms with Gasteiger partial charge in [-0.3, -0.25) is 13.9 Å². The highest BCUT2D eigenvalue weighted by Crippen LogP contribution is 2.25. The topological polar surface area (TPSA) is 96.0 Å². The Hall–Kier alpha value is -2.59. The molecule has 2 aromatic carbocycles. The van der Waals surface area contributed by atoms with Crippen LogP contribution >= 0.6 is 15.9 Å². The fourth-order valence-electron chi connectivity index (χ4n) is 4.30. The molecule has 196 valence electrons. The molecule has 0 radical (unpaired) electrons. The number of methoxy groups -OCH3 is 1. The van der Waals surface area contributed by atoms with Crippen LogP contribution in [0.25, 0.3) is 0 Å². The Bertz CT molecular complexity index is 1180. The van der Waals surface area contributed by atoms with E-state index >= 15 is 0 Å². The Balaban J connectivity index is 1.88. The van der Waals surface area contributed by atoms with Crippen LogP contribution in [0, 0.1) is 6.92 Å². The van der Waals surface area contributed by atoms with Gasteiger partial charge in [-0.25, -0.2) is 8.42 Å². The Morgan fingerprint density at radius 1 is 1.14 bits per heavy atom. The van der Waals surface area contributed by atoms with Crippen molar-refractivity contribution in [3.63, 3.8) is 0 Å². The largest absolute Gasteiger partial charge is 0.497 e. The standard InChI is InChI=1S/C26H34BrN3O5S/c1-18-15-22(11-14-24(18)27)30(36(4,33)34)17-25(31)29(16-20-9-12-23(35-3)13-10-20)19(2)26(32)28-21-7-5-6-8-21/h9-15,19,21H,5-8,16-17H2,1-4H3,(H,28,32). The molecule has 2 aromatic rings. The molecule has 36 heavy (non-hydrogen) atoms. The summed E-state index contributed by atoms with van der Waals surface area (Å²) in [5.41, 5.74) is 2.03. The maximum atomic E-state index is 13.6. The van der Waals surface area contributed by atoms with E-state index in [4.69, 9.17) is 4.74 Å². The highest BCUT2D eigenvalue weighted by atomic mass is 79.9. The molecule has 3 rings (SSSR count). The summed E-state index contributed by atoms with van der Waals surface area (Å²) in [6.07, 6.45) is 5.07. The average molecular weight is 581 g/mol. The molecular formula is C26H34BrN3O5S. The average Bonchev–Trinajstić information content (AvgIpc) is 3.35. The van der Waals surface area contributed by atoms with Crippen molar-refractivity contribution in [2.75, 3.05) is 24.2 Å². The molecule has 1 unspecified atom stereocenters. The van der Waals surface area contributed by atoms with Crippen molar-refractivity contribution >= 4 is 43.5 Å². The predicted octanol–water partition coefficient (Wildman–Crippen LogP) is 4.01. The van der Waals surface area contributed by atoms with Gasteiger partial charge in [-0.2, -0.15) is 0 Å². The van der Waals surface area contributed by atoms with E-state index in [-0.39, 0.29) is 18.5 Å². The van der Waals surface area contributed by atoms with Crippen LogP contribution in [0.4, 0.5) is 5.69 Å². The molecule has 2 amide bonds. The van der Waals surface area contributed by atoms with Crippen molar-refractivity contribution in [3.05, 3.63) is 58.1 Å². The number of carbonyl (C=O) groups excluding carboxylic acids is 2. The number of ether oxygens (including phenoxy) is 1. The van der Waals surface area contributed by atoms with E-state index in [1.807, 2.05) is 19.1 Å². The number of sulfonamides is 1. The summed E-state index contributed by atoms with van der Waals surface area (Å²) in [5, 5.41) is 3.06. The van der Waals surface area contributed by atoms with Gasteiger partial charge in [0.05, 0.1) is 19.1 Å². The van der Waals surface area contributed by atoms with Crippen molar-refractivity contribution in [3.8, 4) is 5.75 Å². The van der Waals surface area contributed by atoms with Gasteiger partial charge >= 0.3 is 0 Å². The summed E-state index contributed by atoms with van der Waals surface area (Å²) in [6, 6.07) is 11.7. The number of nitrogens with zero attached hydrogens (tertiary/aromatic N) is 2. The molecule has 1 fully saturated rings. The molecule has 0 bridgehead atoms. The molecule has 0 heterocycles. The third kappa shape index (κ3) is 7.22. The van der Waals surface area contributed by atoms with Gasteiger partial charge in [0.2, 0.25) is 21.8 Å². The first-order valence-corrected chi connectivity index (χ1v) is 14.6. The third-order valence-electron chi connectivity index (χ3n) is 6.49. The van der Waals surface area contributed by atoms with Crippen LogP contribution in [0.2, 0.25) is 0 Å². The van der Waals surface area contributed by atoms with Gasteiger partial charge < -0.3 is 15.0 Å². The van der Waals surface area contributed by atoms with Crippen LogP contribution in [-0.4, -0.2) is 57.1 Å². The number of nitrogens with one attached hydrogen (secondary N) is 1. The lowest BCUT2D eigenvalue weighted by molar-refractivity contribution is -0.139. The number of amides is 2. The van der Waals surface area contributed by atoms with Crippen LogP contribution < -0.4 is 14.4 Å². The number of hydrogen-bond acceptors (Lipinski definition) is 5. The van der Waals surface area contributed by atoms with Gasteiger partial charge in [0, 0.05) is 17.1 Å². The first kappa shape index (κ1) is 28.0. The van der Waals surface area contributed by atoms with E-state index in [0.717, 1.165) is 51.8 Å². The van der Waals surface area contributed by atoms with Crippen LogP contribution in [0.3, 0.4) is 0 Å². The minimum atomic E-state index is -3.77. The smallest absolute Gasteiger partial charge is 0.244 e. The van der Waals surface area contributed by atoms with Gasteiger partial charge in [0.15, 0.2) is 0 Å². The lowest BCUT2D eigenvalue weighted by atomic mass is 10.1. The summed E-state index contributed by atoms with van der Waals surface area (Å²) in [5.74, 6) is -0.0300. The number of halogens is 1. The van der Waals surface area contributed by atoms with Crippen molar-refractivity contribution in [1.29, 1.82) is 0 Å². The minimum absolute atomic E-state index is 0.108. The van der Waals surface area contributed by atoms with Gasteiger partial charge in [0.1, 0.15) is 18.3 Å². The fourth-order valence-corrected chi connectivity index (χ4v) is 5.39. The highest BCUT2D eigenvalue weighted by molar-refractivity contribution is 9.10. The summed E-state index contributed by atoms with van der Waals surface area (Å²) < 4.78 is 32.5. The van der Waals surface area contributed by atoms with Crippen LogP contribution in [0.15, 0.2) is 46.9 Å². The normalized spacial score (nSPS) is 14.8. The number of hydrogen-bond donors (Lipinski definition) is 1. The molecule has 0 spiro atoms. The van der Waals surface area contributed by atoms with Crippen molar-refractivity contribution in [2.45, 2.75) is 58.2 Å². The number of carbonyl (C=O) groups is 2. The van der Waals surface area contributed by atoms with Crippen LogP contribution in [0.1, 0.15) is 43.7 Å². The second-order valence-electron chi connectivity index (χ2n) is 9.24. The van der Waals surface area contributed by atoms with Gasteiger partial charge in [-0.15, -0.1) is 0 Å².